The highest BCUT2D eigenvalue weighted by Crippen LogP contribution is 2.11. The van der Waals surface area contributed by atoms with E-state index in [2.05, 4.69) is 25.8 Å². The molecular weight excluding hydrogens is 314 g/mol. The zero-order valence-electron chi connectivity index (χ0n) is 12.4. The summed E-state index contributed by atoms with van der Waals surface area (Å²) in [6, 6.07) is 11.5. The minimum atomic E-state index is 0.453. The van der Waals surface area contributed by atoms with E-state index in [-0.39, 0.29) is 0 Å². The first-order valence-electron chi connectivity index (χ1n) is 7.24. The number of nitrogens with one attached hydrogen (secondary N) is 2. The molecule has 6 nitrogen and oxygen atoms in total. The molecule has 0 atom stereocenters. The zero-order chi connectivity index (χ0) is 15.9. The van der Waals surface area contributed by atoms with E-state index in [1.165, 1.54) is 5.56 Å². The smallest absolute Gasteiger partial charge is 0.245 e. The fourth-order valence-corrected chi connectivity index (χ4v) is 2.28. The molecule has 2 aromatic heterocycles. The SMILES string of the molecule is Clc1cccc(CCNc2cnnc(NCc3ccco3)n2)c1. The molecular formula is C16H16ClN5O. The second-order valence-corrected chi connectivity index (χ2v) is 5.34. The van der Waals surface area contributed by atoms with Crippen LogP contribution in [-0.2, 0) is 13.0 Å². The van der Waals surface area contributed by atoms with Crippen LogP contribution in [0, 0.1) is 0 Å². The highest BCUT2D eigenvalue weighted by Gasteiger charge is 2.02. The van der Waals surface area contributed by atoms with Crippen molar-refractivity contribution in [1.82, 2.24) is 15.2 Å². The van der Waals surface area contributed by atoms with E-state index >= 15 is 0 Å². The highest BCUT2D eigenvalue weighted by molar-refractivity contribution is 6.30. The van der Waals surface area contributed by atoms with Gasteiger partial charge < -0.3 is 15.1 Å². The summed E-state index contributed by atoms with van der Waals surface area (Å²) in [4.78, 5) is 4.36. The molecule has 0 saturated heterocycles. The summed E-state index contributed by atoms with van der Waals surface area (Å²) < 4.78 is 5.24. The average molecular weight is 330 g/mol. The average Bonchev–Trinajstić information content (AvgIpc) is 3.07. The van der Waals surface area contributed by atoms with Gasteiger partial charge >= 0.3 is 0 Å². The summed E-state index contributed by atoms with van der Waals surface area (Å²) in [5.74, 6) is 1.94. The number of nitrogens with zero attached hydrogens (tertiary/aromatic N) is 3. The Kier molecular flexibility index (Phi) is 5.06. The molecule has 118 valence electrons. The van der Waals surface area contributed by atoms with Crippen molar-refractivity contribution >= 4 is 23.4 Å². The molecule has 3 rings (SSSR count). The summed E-state index contributed by atoms with van der Waals surface area (Å²) in [5, 5.41) is 14.9. The van der Waals surface area contributed by atoms with Crippen LogP contribution in [0.2, 0.25) is 5.02 Å². The molecule has 0 unspecified atom stereocenters. The molecule has 2 N–H and O–H groups in total. The topological polar surface area (TPSA) is 75.9 Å². The lowest BCUT2D eigenvalue weighted by atomic mass is 10.1. The van der Waals surface area contributed by atoms with Gasteiger partial charge in [-0.25, -0.2) is 0 Å². The number of furan rings is 1. The molecule has 2 heterocycles. The van der Waals surface area contributed by atoms with Gasteiger partial charge in [-0.1, -0.05) is 23.7 Å². The standard InChI is InChI=1S/C16H16ClN5O/c17-13-4-1-3-12(9-13)6-7-18-15-11-20-22-16(21-15)19-10-14-5-2-8-23-14/h1-5,8-9,11H,6-7,10H2,(H2,18,19,21,22). The van der Waals surface area contributed by atoms with Gasteiger partial charge in [0, 0.05) is 11.6 Å². The van der Waals surface area contributed by atoms with Crippen LogP contribution in [-0.4, -0.2) is 21.7 Å². The predicted molar refractivity (Wildman–Crippen MR) is 89.5 cm³/mol. The Balaban J connectivity index is 1.51. The highest BCUT2D eigenvalue weighted by atomic mass is 35.5. The Morgan fingerprint density at radius 2 is 2.09 bits per heavy atom. The maximum absolute atomic E-state index is 5.97. The van der Waals surface area contributed by atoms with Crippen molar-refractivity contribution in [3.63, 3.8) is 0 Å². The van der Waals surface area contributed by atoms with Crippen molar-refractivity contribution in [2.24, 2.45) is 0 Å². The molecule has 0 aliphatic rings. The minimum Gasteiger partial charge on any atom is -0.467 e. The van der Waals surface area contributed by atoms with E-state index < -0.39 is 0 Å². The van der Waals surface area contributed by atoms with Crippen LogP contribution in [0.4, 0.5) is 11.8 Å². The Hall–Kier alpha value is -2.60. The normalized spacial score (nSPS) is 10.5. The number of hydrogen-bond donors (Lipinski definition) is 2. The number of benzene rings is 1. The van der Waals surface area contributed by atoms with Crippen molar-refractivity contribution in [2.45, 2.75) is 13.0 Å². The van der Waals surface area contributed by atoms with Crippen LogP contribution in [0.1, 0.15) is 11.3 Å². The second-order valence-electron chi connectivity index (χ2n) is 4.90. The van der Waals surface area contributed by atoms with Gasteiger partial charge in [-0.15, -0.1) is 5.10 Å². The monoisotopic (exact) mass is 329 g/mol. The Labute approximate surface area is 138 Å². The third-order valence-electron chi connectivity index (χ3n) is 3.17. The van der Waals surface area contributed by atoms with Gasteiger partial charge in [0.2, 0.25) is 5.95 Å². The van der Waals surface area contributed by atoms with Crippen molar-refractivity contribution in [3.8, 4) is 0 Å². The van der Waals surface area contributed by atoms with Gasteiger partial charge in [0.1, 0.15) is 5.76 Å². The summed E-state index contributed by atoms with van der Waals surface area (Å²) in [7, 11) is 0. The molecule has 0 aliphatic carbocycles. The van der Waals surface area contributed by atoms with Gasteiger partial charge in [0.25, 0.3) is 0 Å². The van der Waals surface area contributed by atoms with E-state index in [1.54, 1.807) is 12.5 Å². The molecule has 0 bridgehead atoms. The third-order valence-corrected chi connectivity index (χ3v) is 3.40. The van der Waals surface area contributed by atoms with E-state index in [1.807, 2.05) is 36.4 Å². The van der Waals surface area contributed by atoms with E-state index in [0.29, 0.717) is 18.3 Å². The maximum atomic E-state index is 5.97. The van der Waals surface area contributed by atoms with Crippen LogP contribution in [0.5, 0.6) is 0 Å². The Morgan fingerprint density at radius 3 is 2.91 bits per heavy atom. The molecule has 0 fully saturated rings. The fourth-order valence-electron chi connectivity index (χ4n) is 2.07. The van der Waals surface area contributed by atoms with Crippen LogP contribution in [0.3, 0.4) is 0 Å². The number of hydrogen-bond acceptors (Lipinski definition) is 6. The molecule has 0 saturated carbocycles. The second kappa shape index (κ2) is 7.60. The first-order valence-corrected chi connectivity index (χ1v) is 7.62. The first kappa shape index (κ1) is 15.3. The lowest BCUT2D eigenvalue weighted by Gasteiger charge is -2.07. The Bertz CT molecular complexity index is 748. The predicted octanol–water partition coefficient (Wildman–Crippen LogP) is 3.38. The number of halogens is 1. The summed E-state index contributed by atoms with van der Waals surface area (Å²) >= 11 is 5.97. The minimum absolute atomic E-state index is 0.453. The van der Waals surface area contributed by atoms with Crippen molar-refractivity contribution in [3.05, 3.63) is 65.2 Å². The largest absolute Gasteiger partial charge is 0.467 e. The van der Waals surface area contributed by atoms with Gasteiger partial charge in [-0.05, 0) is 36.2 Å². The van der Waals surface area contributed by atoms with Gasteiger partial charge in [0.05, 0.1) is 19.0 Å². The van der Waals surface area contributed by atoms with E-state index in [9.17, 15) is 0 Å². The van der Waals surface area contributed by atoms with Crippen molar-refractivity contribution < 1.29 is 4.42 Å². The van der Waals surface area contributed by atoms with Gasteiger partial charge in [-0.2, -0.15) is 10.1 Å². The molecule has 3 aromatic rings. The molecule has 0 amide bonds. The lowest BCUT2D eigenvalue weighted by molar-refractivity contribution is 0.517. The Morgan fingerprint density at radius 1 is 1.13 bits per heavy atom. The summed E-state index contributed by atoms with van der Waals surface area (Å²) in [6.07, 6.45) is 4.07. The van der Waals surface area contributed by atoms with Crippen molar-refractivity contribution in [2.75, 3.05) is 17.2 Å². The third kappa shape index (κ3) is 4.69. The molecule has 7 heteroatoms. The van der Waals surface area contributed by atoms with Crippen LogP contribution >= 0.6 is 11.6 Å². The number of aromatic nitrogens is 3. The zero-order valence-corrected chi connectivity index (χ0v) is 13.1. The van der Waals surface area contributed by atoms with Crippen LogP contribution in [0.15, 0.2) is 53.3 Å². The fraction of sp³-hybridized carbons (Fsp3) is 0.188. The summed E-state index contributed by atoms with van der Waals surface area (Å²) in [6.45, 7) is 1.25. The molecule has 0 spiro atoms. The first-order chi connectivity index (χ1) is 11.3. The van der Waals surface area contributed by atoms with E-state index in [4.69, 9.17) is 16.0 Å². The van der Waals surface area contributed by atoms with Crippen molar-refractivity contribution in [1.29, 1.82) is 0 Å². The van der Waals surface area contributed by atoms with Crippen LogP contribution in [0.25, 0.3) is 0 Å². The van der Waals surface area contributed by atoms with Crippen LogP contribution < -0.4 is 10.6 Å². The number of rotatable bonds is 7. The van der Waals surface area contributed by atoms with Gasteiger partial charge in [0.15, 0.2) is 5.82 Å². The molecule has 0 radical (unpaired) electrons. The molecule has 0 aliphatic heterocycles. The van der Waals surface area contributed by atoms with E-state index in [0.717, 1.165) is 23.7 Å². The quantitative estimate of drug-likeness (QED) is 0.692. The summed E-state index contributed by atoms with van der Waals surface area (Å²) in [5.41, 5.74) is 1.17. The maximum Gasteiger partial charge on any atom is 0.245 e. The van der Waals surface area contributed by atoms with Gasteiger partial charge in [-0.3, -0.25) is 0 Å². The lowest BCUT2D eigenvalue weighted by Crippen LogP contribution is -2.10. The number of anilines is 2. The molecule has 23 heavy (non-hydrogen) atoms. The molecule has 1 aromatic carbocycles.